The van der Waals surface area contributed by atoms with E-state index in [9.17, 15) is 4.39 Å². The number of hydrogen-bond acceptors (Lipinski definition) is 2. The molecule has 88 valence electrons. The SMILES string of the molecule is Fc1ccc(CNc2cccc(Cl)n2)cc1Cl. The number of rotatable bonds is 3. The molecule has 0 radical (unpaired) electrons. The van der Waals surface area contributed by atoms with Crippen LogP contribution in [0.2, 0.25) is 10.2 Å². The molecule has 1 N–H and O–H groups in total. The van der Waals surface area contributed by atoms with Gasteiger partial charge in [0.05, 0.1) is 5.02 Å². The number of nitrogens with zero attached hydrogens (tertiary/aromatic N) is 1. The van der Waals surface area contributed by atoms with Crippen LogP contribution in [0.25, 0.3) is 0 Å². The van der Waals surface area contributed by atoms with Crippen molar-refractivity contribution in [1.82, 2.24) is 4.98 Å². The van der Waals surface area contributed by atoms with E-state index in [2.05, 4.69) is 10.3 Å². The van der Waals surface area contributed by atoms with E-state index in [4.69, 9.17) is 23.2 Å². The second-order valence-corrected chi connectivity index (χ2v) is 4.24. The summed E-state index contributed by atoms with van der Waals surface area (Å²) in [7, 11) is 0. The molecule has 2 rings (SSSR count). The first-order valence-electron chi connectivity index (χ1n) is 4.95. The van der Waals surface area contributed by atoms with Crippen molar-refractivity contribution in [3.05, 3.63) is 58.0 Å². The molecule has 1 aromatic carbocycles. The van der Waals surface area contributed by atoms with Crippen molar-refractivity contribution in [2.75, 3.05) is 5.32 Å². The van der Waals surface area contributed by atoms with E-state index in [1.165, 1.54) is 6.07 Å². The molecule has 0 saturated heterocycles. The molecular formula is C12H9Cl2FN2. The van der Waals surface area contributed by atoms with Crippen LogP contribution in [-0.2, 0) is 6.54 Å². The Balaban J connectivity index is 2.05. The summed E-state index contributed by atoms with van der Waals surface area (Å²) >= 11 is 11.4. The van der Waals surface area contributed by atoms with Crippen LogP contribution in [0.3, 0.4) is 0 Å². The Bertz CT molecular complexity index is 532. The third-order valence-corrected chi connectivity index (χ3v) is 2.67. The second-order valence-electron chi connectivity index (χ2n) is 3.45. The van der Waals surface area contributed by atoms with Crippen LogP contribution in [0.5, 0.6) is 0 Å². The van der Waals surface area contributed by atoms with E-state index in [1.54, 1.807) is 30.3 Å². The van der Waals surface area contributed by atoms with Crippen LogP contribution < -0.4 is 5.32 Å². The lowest BCUT2D eigenvalue weighted by atomic mass is 10.2. The molecule has 0 aliphatic carbocycles. The summed E-state index contributed by atoms with van der Waals surface area (Å²) in [5.74, 6) is 0.245. The van der Waals surface area contributed by atoms with Gasteiger partial charge in [-0.25, -0.2) is 9.37 Å². The largest absolute Gasteiger partial charge is 0.366 e. The lowest BCUT2D eigenvalue weighted by Crippen LogP contribution is -2.01. The molecule has 1 heterocycles. The summed E-state index contributed by atoms with van der Waals surface area (Å²) in [6.45, 7) is 0.507. The predicted octanol–water partition coefficient (Wildman–Crippen LogP) is 4.14. The molecule has 0 atom stereocenters. The minimum absolute atomic E-state index is 0.114. The van der Waals surface area contributed by atoms with Gasteiger partial charge in [-0.3, -0.25) is 0 Å². The first kappa shape index (κ1) is 12.1. The topological polar surface area (TPSA) is 24.9 Å². The Labute approximate surface area is 108 Å². The highest BCUT2D eigenvalue weighted by atomic mass is 35.5. The van der Waals surface area contributed by atoms with Crippen molar-refractivity contribution in [3.63, 3.8) is 0 Å². The van der Waals surface area contributed by atoms with Gasteiger partial charge in [0, 0.05) is 6.54 Å². The maximum absolute atomic E-state index is 12.9. The zero-order chi connectivity index (χ0) is 12.3. The van der Waals surface area contributed by atoms with Crippen LogP contribution in [0.4, 0.5) is 10.2 Å². The van der Waals surface area contributed by atoms with Crippen LogP contribution in [0, 0.1) is 5.82 Å². The monoisotopic (exact) mass is 270 g/mol. The highest BCUT2D eigenvalue weighted by Gasteiger charge is 2.01. The zero-order valence-corrected chi connectivity index (χ0v) is 10.3. The summed E-state index contributed by atoms with van der Waals surface area (Å²) in [5, 5.41) is 3.61. The van der Waals surface area contributed by atoms with Crippen molar-refractivity contribution in [1.29, 1.82) is 0 Å². The van der Waals surface area contributed by atoms with Crippen molar-refractivity contribution in [2.24, 2.45) is 0 Å². The molecule has 5 heteroatoms. The van der Waals surface area contributed by atoms with Gasteiger partial charge in [0.25, 0.3) is 0 Å². The normalized spacial score (nSPS) is 10.3. The Kier molecular flexibility index (Phi) is 3.82. The summed E-state index contributed by atoms with van der Waals surface area (Å²) < 4.78 is 12.9. The fraction of sp³-hybridized carbons (Fsp3) is 0.0833. The van der Waals surface area contributed by atoms with Gasteiger partial charge in [0.1, 0.15) is 16.8 Å². The number of hydrogen-bond donors (Lipinski definition) is 1. The van der Waals surface area contributed by atoms with Crippen molar-refractivity contribution in [2.45, 2.75) is 6.54 Å². The van der Waals surface area contributed by atoms with Crippen LogP contribution in [-0.4, -0.2) is 4.98 Å². The Morgan fingerprint density at radius 3 is 2.71 bits per heavy atom. The average Bonchev–Trinajstić information content (AvgIpc) is 2.31. The quantitative estimate of drug-likeness (QED) is 0.848. The summed E-state index contributed by atoms with van der Waals surface area (Å²) in [6, 6.07) is 9.88. The fourth-order valence-electron chi connectivity index (χ4n) is 1.35. The van der Waals surface area contributed by atoms with Gasteiger partial charge in [-0.05, 0) is 29.8 Å². The highest BCUT2D eigenvalue weighted by Crippen LogP contribution is 2.17. The summed E-state index contributed by atoms with van der Waals surface area (Å²) in [4.78, 5) is 4.08. The minimum Gasteiger partial charge on any atom is -0.366 e. The molecule has 0 unspecified atom stereocenters. The first-order chi connectivity index (χ1) is 8.15. The molecule has 1 aromatic heterocycles. The Morgan fingerprint density at radius 2 is 2.00 bits per heavy atom. The van der Waals surface area contributed by atoms with E-state index >= 15 is 0 Å². The zero-order valence-electron chi connectivity index (χ0n) is 8.75. The molecule has 0 saturated carbocycles. The molecule has 17 heavy (non-hydrogen) atoms. The van der Waals surface area contributed by atoms with E-state index in [0.717, 1.165) is 5.56 Å². The fourth-order valence-corrected chi connectivity index (χ4v) is 1.72. The molecule has 0 bridgehead atoms. The second kappa shape index (κ2) is 5.34. The number of aromatic nitrogens is 1. The van der Waals surface area contributed by atoms with E-state index < -0.39 is 5.82 Å². The van der Waals surface area contributed by atoms with Gasteiger partial charge in [-0.1, -0.05) is 35.3 Å². The molecule has 2 nitrogen and oxygen atoms in total. The Hall–Kier alpha value is -1.32. The summed E-state index contributed by atoms with van der Waals surface area (Å²) in [6.07, 6.45) is 0. The summed E-state index contributed by atoms with van der Waals surface area (Å²) in [5.41, 5.74) is 0.873. The van der Waals surface area contributed by atoms with E-state index in [1.807, 2.05) is 0 Å². The van der Waals surface area contributed by atoms with Gasteiger partial charge in [-0.15, -0.1) is 0 Å². The third kappa shape index (κ3) is 3.32. The molecule has 2 aromatic rings. The van der Waals surface area contributed by atoms with Gasteiger partial charge in [0.2, 0.25) is 0 Å². The number of benzene rings is 1. The number of anilines is 1. The molecule has 0 amide bonds. The highest BCUT2D eigenvalue weighted by molar-refractivity contribution is 6.30. The maximum atomic E-state index is 12.9. The van der Waals surface area contributed by atoms with Gasteiger partial charge in [-0.2, -0.15) is 0 Å². The van der Waals surface area contributed by atoms with E-state index in [-0.39, 0.29) is 5.02 Å². The average molecular weight is 271 g/mol. The maximum Gasteiger partial charge on any atom is 0.141 e. The molecule has 0 aliphatic heterocycles. The Morgan fingerprint density at radius 1 is 1.18 bits per heavy atom. The standard InChI is InChI=1S/C12H9Cl2FN2/c13-9-6-8(4-5-10(9)15)7-16-12-3-1-2-11(14)17-12/h1-6H,7H2,(H,16,17). The van der Waals surface area contributed by atoms with Crippen LogP contribution in [0.15, 0.2) is 36.4 Å². The van der Waals surface area contributed by atoms with Crippen molar-refractivity contribution < 1.29 is 4.39 Å². The lowest BCUT2D eigenvalue weighted by molar-refractivity contribution is 0.627. The molecule has 0 aliphatic rings. The van der Waals surface area contributed by atoms with E-state index in [0.29, 0.717) is 17.5 Å². The van der Waals surface area contributed by atoms with Gasteiger partial charge in [0.15, 0.2) is 0 Å². The van der Waals surface area contributed by atoms with Gasteiger partial charge >= 0.3 is 0 Å². The molecule has 0 fully saturated rings. The number of halogens is 3. The third-order valence-electron chi connectivity index (χ3n) is 2.17. The van der Waals surface area contributed by atoms with Crippen molar-refractivity contribution >= 4 is 29.0 Å². The predicted molar refractivity (Wildman–Crippen MR) is 68.0 cm³/mol. The van der Waals surface area contributed by atoms with Gasteiger partial charge < -0.3 is 5.32 Å². The smallest absolute Gasteiger partial charge is 0.141 e. The minimum atomic E-state index is -0.420. The molecular weight excluding hydrogens is 262 g/mol. The lowest BCUT2D eigenvalue weighted by Gasteiger charge is -2.06. The molecule has 0 spiro atoms. The number of nitrogens with one attached hydrogen (secondary N) is 1. The van der Waals surface area contributed by atoms with Crippen molar-refractivity contribution in [3.8, 4) is 0 Å². The van der Waals surface area contributed by atoms with Crippen LogP contribution in [0.1, 0.15) is 5.56 Å². The first-order valence-corrected chi connectivity index (χ1v) is 5.71. The van der Waals surface area contributed by atoms with Crippen LogP contribution >= 0.6 is 23.2 Å². The number of pyridine rings is 1.